The normalized spacial score (nSPS) is 11.7. The first kappa shape index (κ1) is 14.3. The molecule has 3 N–H and O–H groups in total. The van der Waals surface area contributed by atoms with Gasteiger partial charge in [-0.25, -0.2) is 4.98 Å². The summed E-state index contributed by atoms with van der Waals surface area (Å²) in [7, 11) is 2.00. The molecule has 106 valence electrons. The minimum absolute atomic E-state index is 0.112. The maximum Gasteiger partial charge on any atom is 0.170 e. The quantitative estimate of drug-likeness (QED) is 0.392. The number of nitrogens with zero attached hydrogens (tertiary/aromatic N) is 3. The van der Waals surface area contributed by atoms with Crippen LogP contribution in [-0.4, -0.2) is 23.1 Å². The van der Waals surface area contributed by atoms with Gasteiger partial charge in [-0.05, 0) is 26.0 Å². The largest absolute Gasteiger partial charge is 0.409 e. The third-order valence-electron chi connectivity index (χ3n) is 3.14. The molecule has 0 atom stereocenters. The first-order valence-corrected chi connectivity index (χ1v) is 7.05. The minimum Gasteiger partial charge on any atom is -0.409 e. The van der Waals surface area contributed by atoms with E-state index in [2.05, 4.69) is 22.0 Å². The predicted octanol–water partition coefficient (Wildman–Crippen LogP) is 2.49. The van der Waals surface area contributed by atoms with E-state index in [9.17, 15) is 0 Å². The molecule has 0 amide bonds. The lowest BCUT2D eigenvalue weighted by molar-refractivity contribution is 0.318. The van der Waals surface area contributed by atoms with Crippen molar-refractivity contribution in [3.05, 3.63) is 45.4 Å². The molecule has 6 heteroatoms. The van der Waals surface area contributed by atoms with Gasteiger partial charge in [0.05, 0.1) is 12.2 Å². The zero-order chi connectivity index (χ0) is 14.7. The fraction of sp³-hybridized carbons (Fsp3) is 0.286. The number of hydrogen-bond donors (Lipinski definition) is 2. The molecule has 0 radical (unpaired) electrons. The first-order chi connectivity index (χ1) is 9.51. The molecule has 2 rings (SSSR count). The highest BCUT2D eigenvalue weighted by molar-refractivity contribution is 7.11. The van der Waals surface area contributed by atoms with Gasteiger partial charge >= 0.3 is 0 Å². The average Bonchev–Trinajstić information content (AvgIpc) is 2.76. The van der Waals surface area contributed by atoms with Crippen molar-refractivity contribution in [2.75, 3.05) is 11.9 Å². The van der Waals surface area contributed by atoms with E-state index in [0.717, 1.165) is 22.9 Å². The highest BCUT2D eigenvalue weighted by Crippen LogP contribution is 2.21. The predicted molar refractivity (Wildman–Crippen MR) is 82.6 cm³/mol. The van der Waals surface area contributed by atoms with Gasteiger partial charge in [0.1, 0.15) is 5.01 Å². The number of rotatable bonds is 4. The Morgan fingerprint density at radius 3 is 2.80 bits per heavy atom. The van der Waals surface area contributed by atoms with Crippen LogP contribution in [0.25, 0.3) is 0 Å². The monoisotopic (exact) mass is 290 g/mol. The third-order valence-corrected chi connectivity index (χ3v) is 4.19. The fourth-order valence-electron chi connectivity index (χ4n) is 1.86. The average molecular weight is 290 g/mol. The lowest BCUT2D eigenvalue weighted by atomic mass is 10.2. The summed E-state index contributed by atoms with van der Waals surface area (Å²) in [6.07, 6.45) is 0. The van der Waals surface area contributed by atoms with Gasteiger partial charge in [0.15, 0.2) is 5.84 Å². The summed E-state index contributed by atoms with van der Waals surface area (Å²) >= 11 is 1.71. The molecule has 20 heavy (non-hydrogen) atoms. The van der Waals surface area contributed by atoms with E-state index in [-0.39, 0.29) is 5.84 Å². The van der Waals surface area contributed by atoms with Gasteiger partial charge in [0.2, 0.25) is 0 Å². The van der Waals surface area contributed by atoms with Gasteiger partial charge in [-0.15, -0.1) is 11.3 Å². The molecule has 0 spiro atoms. The molecular formula is C14H18N4OS. The van der Waals surface area contributed by atoms with Crippen LogP contribution in [0.1, 0.15) is 21.1 Å². The highest BCUT2D eigenvalue weighted by atomic mass is 32.1. The Kier molecular flexibility index (Phi) is 4.24. The van der Waals surface area contributed by atoms with Crippen molar-refractivity contribution in [2.45, 2.75) is 20.4 Å². The van der Waals surface area contributed by atoms with Crippen LogP contribution in [0.2, 0.25) is 0 Å². The second-order valence-corrected chi connectivity index (χ2v) is 5.93. The molecule has 5 nitrogen and oxygen atoms in total. The number of oxime groups is 1. The molecule has 1 aromatic heterocycles. The molecule has 0 bridgehead atoms. The van der Waals surface area contributed by atoms with Crippen molar-refractivity contribution in [1.82, 2.24) is 4.98 Å². The molecule has 0 fully saturated rings. The van der Waals surface area contributed by atoms with Crippen molar-refractivity contribution < 1.29 is 5.21 Å². The van der Waals surface area contributed by atoms with Gasteiger partial charge in [0, 0.05) is 23.2 Å². The van der Waals surface area contributed by atoms with Crippen LogP contribution in [0.15, 0.2) is 29.4 Å². The summed E-state index contributed by atoms with van der Waals surface area (Å²) in [5.41, 5.74) is 8.39. The van der Waals surface area contributed by atoms with E-state index in [0.29, 0.717) is 5.56 Å². The number of amidine groups is 1. The molecule has 0 unspecified atom stereocenters. The molecule has 0 saturated carbocycles. The van der Waals surface area contributed by atoms with Crippen molar-refractivity contribution in [2.24, 2.45) is 10.9 Å². The summed E-state index contributed by atoms with van der Waals surface area (Å²) in [5, 5.41) is 12.8. The van der Waals surface area contributed by atoms with Gasteiger partial charge in [0.25, 0.3) is 0 Å². The van der Waals surface area contributed by atoms with Crippen LogP contribution >= 0.6 is 11.3 Å². The Hall–Kier alpha value is -2.08. The van der Waals surface area contributed by atoms with E-state index >= 15 is 0 Å². The van der Waals surface area contributed by atoms with Crippen LogP contribution in [-0.2, 0) is 6.54 Å². The number of anilines is 1. The summed E-state index contributed by atoms with van der Waals surface area (Å²) < 4.78 is 0. The first-order valence-electron chi connectivity index (χ1n) is 6.23. The topological polar surface area (TPSA) is 74.7 Å². The van der Waals surface area contributed by atoms with E-state index in [1.54, 1.807) is 11.3 Å². The maximum atomic E-state index is 8.73. The van der Waals surface area contributed by atoms with Crippen molar-refractivity contribution in [3.8, 4) is 0 Å². The molecular weight excluding hydrogens is 272 g/mol. The van der Waals surface area contributed by atoms with Crippen LogP contribution in [0.4, 0.5) is 5.69 Å². The molecule has 0 aliphatic carbocycles. The molecule has 0 saturated heterocycles. The molecule has 1 aromatic carbocycles. The second kappa shape index (κ2) is 5.92. The van der Waals surface area contributed by atoms with Crippen molar-refractivity contribution in [1.29, 1.82) is 0 Å². The van der Waals surface area contributed by atoms with E-state index < -0.39 is 0 Å². The number of benzene rings is 1. The number of hydrogen-bond acceptors (Lipinski definition) is 5. The molecule has 2 aromatic rings. The number of aromatic nitrogens is 1. The van der Waals surface area contributed by atoms with Crippen molar-refractivity contribution in [3.63, 3.8) is 0 Å². The summed E-state index contributed by atoms with van der Waals surface area (Å²) in [4.78, 5) is 7.88. The highest BCUT2D eigenvalue weighted by Gasteiger charge is 2.09. The molecule has 0 aliphatic rings. The van der Waals surface area contributed by atoms with Gasteiger partial charge < -0.3 is 15.8 Å². The smallest absolute Gasteiger partial charge is 0.170 e. The maximum absolute atomic E-state index is 8.73. The van der Waals surface area contributed by atoms with Crippen LogP contribution in [0.3, 0.4) is 0 Å². The number of aryl methyl sites for hydroxylation is 2. The zero-order valence-corrected chi connectivity index (χ0v) is 12.6. The third kappa shape index (κ3) is 3.08. The summed E-state index contributed by atoms with van der Waals surface area (Å²) in [6, 6.07) is 7.57. The Balaban J connectivity index is 2.18. The summed E-state index contributed by atoms with van der Waals surface area (Å²) in [5.74, 6) is 0.112. The standard InChI is InChI=1S/C14H18N4OS/c1-9-10(2)20-13(16-9)8-18(3)12-6-4-5-11(7-12)14(15)17-19/h4-7,19H,8H2,1-3H3,(H2,15,17). The zero-order valence-electron chi connectivity index (χ0n) is 11.8. The van der Waals surface area contributed by atoms with E-state index in [4.69, 9.17) is 10.9 Å². The van der Waals surface area contributed by atoms with Gasteiger partial charge in [-0.1, -0.05) is 17.3 Å². The molecule has 1 heterocycles. The second-order valence-electron chi connectivity index (χ2n) is 4.64. The van der Waals surface area contributed by atoms with Crippen LogP contribution in [0.5, 0.6) is 0 Å². The van der Waals surface area contributed by atoms with E-state index in [1.807, 2.05) is 38.2 Å². The number of nitrogens with two attached hydrogens (primary N) is 1. The Bertz CT molecular complexity index is 616. The number of thiazole rings is 1. The Labute approximate surface area is 122 Å². The SMILES string of the molecule is Cc1nc(CN(C)c2cccc(/C(N)=N/O)c2)sc1C. The lowest BCUT2D eigenvalue weighted by Crippen LogP contribution is -2.18. The van der Waals surface area contributed by atoms with Gasteiger partial charge in [-0.3, -0.25) is 0 Å². The van der Waals surface area contributed by atoms with Gasteiger partial charge in [-0.2, -0.15) is 0 Å². The minimum atomic E-state index is 0.112. The van der Waals surface area contributed by atoms with Crippen LogP contribution in [0, 0.1) is 13.8 Å². The Morgan fingerprint density at radius 1 is 1.45 bits per heavy atom. The van der Waals surface area contributed by atoms with Crippen LogP contribution < -0.4 is 10.6 Å². The lowest BCUT2D eigenvalue weighted by Gasteiger charge is -2.18. The van der Waals surface area contributed by atoms with Crippen molar-refractivity contribution >= 4 is 22.9 Å². The summed E-state index contributed by atoms with van der Waals surface area (Å²) in [6.45, 7) is 4.84. The fourth-order valence-corrected chi connectivity index (χ4v) is 2.85. The molecule has 0 aliphatic heterocycles. The Morgan fingerprint density at radius 2 is 2.20 bits per heavy atom. The van der Waals surface area contributed by atoms with E-state index in [1.165, 1.54) is 4.88 Å².